The van der Waals surface area contributed by atoms with Crippen LogP contribution in [0.15, 0.2) is 188 Å². The number of benzene rings is 8. The van der Waals surface area contributed by atoms with Gasteiger partial charge >= 0.3 is 0 Å². The average molecular weight is 638 g/mol. The van der Waals surface area contributed by atoms with Crippen molar-refractivity contribution in [2.24, 2.45) is 0 Å². The summed E-state index contributed by atoms with van der Waals surface area (Å²) < 4.78 is 9.32. The number of rotatable bonds is 4. The second-order valence-corrected chi connectivity index (χ2v) is 12.9. The highest BCUT2D eigenvalue weighted by Crippen LogP contribution is 2.51. The van der Waals surface area contributed by atoms with Gasteiger partial charge in [-0.25, -0.2) is 0 Å². The molecule has 0 spiro atoms. The Balaban J connectivity index is 1.08. The summed E-state index contributed by atoms with van der Waals surface area (Å²) in [4.78, 5) is 0. The molecule has 0 N–H and O–H groups in total. The van der Waals surface area contributed by atoms with E-state index in [4.69, 9.17) is 4.74 Å². The molecular weight excluding hydrogens is 607 g/mol. The lowest BCUT2D eigenvalue weighted by Gasteiger charge is -2.15. The van der Waals surface area contributed by atoms with Crippen molar-refractivity contribution in [2.45, 2.75) is 0 Å². The van der Waals surface area contributed by atoms with Crippen LogP contribution in [0.2, 0.25) is 0 Å². The van der Waals surface area contributed by atoms with E-state index in [1.165, 1.54) is 55.3 Å². The maximum absolute atomic E-state index is 6.95. The van der Waals surface area contributed by atoms with Crippen LogP contribution in [0, 0.1) is 0 Å². The van der Waals surface area contributed by atoms with Gasteiger partial charge in [-0.1, -0.05) is 152 Å². The van der Waals surface area contributed by atoms with E-state index in [0.717, 1.165) is 39.3 Å². The number of ether oxygens (including phenoxy) is 1. The van der Waals surface area contributed by atoms with E-state index in [-0.39, 0.29) is 0 Å². The Morgan fingerprint density at radius 3 is 1.62 bits per heavy atom. The van der Waals surface area contributed by atoms with Gasteiger partial charge in [0, 0.05) is 27.6 Å². The summed E-state index contributed by atoms with van der Waals surface area (Å²) in [6, 6.07) is 67.3. The highest BCUT2D eigenvalue weighted by atomic mass is 16.5. The Labute approximate surface area is 291 Å². The molecule has 1 aromatic heterocycles. The van der Waals surface area contributed by atoms with Crippen LogP contribution in [0.4, 0.5) is 0 Å². The van der Waals surface area contributed by atoms with Gasteiger partial charge in [-0.05, 0) is 80.9 Å². The summed E-state index contributed by atoms with van der Waals surface area (Å²) >= 11 is 0. The smallest absolute Gasteiger partial charge is 0.159 e. The van der Waals surface area contributed by atoms with Crippen LogP contribution in [-0.4, -0.2) is 4.57 Å². The van der Waals surface area contributed by atoms with Crippen molar-refractivity contribution in [2.75, 3.05) is 0 Å². The summed E-state index contributed by atoms with van der Waals surface area (Å²) in [5.74, 6) is 1.75. The van der Waals surface area contributed by atoms with E-state index < -0.39 is 0 Å². The van der Waals surface area contributed by atoms with Gasteiger partial charge in [-0.2, -0.15) is 0 Å². The maximum atomic E-state index is 6.95. The van der Waals surface area contributed by atoms with Gasteiger partial charge in [0.2, 0.25) is 0 Å². The van der Waals surface area contributed by atoms with Crippen molar-refractivity contribution in [3.05, 3.63) is 188 Å². The lowest BCUT2D eigenvalue weighted by molar-refractivity contribution is 0.491. The van der Waals surface area contributed by atoms with Crippen molar-refractivity contribution >= 4 is 21.8 Å². The van der Waals surface area contributed by atoms with Crippen molar-refractivity contribution in [3.63, 3.8) is 0 Å². The molecule has 0 radical (unpaired) electrons. The molecule has 0 atom stereocenters. The fourth-order valence-electron chi connectivity index (χ4n) is 7.62. The highest BCUT2D eigenvalue weighted by molar-refractivity contribution is 6.14. The average Bonchev–Trinajstić information content (AvgIpc) is 3.46. The molecule has 10 rings (SSSR count). The fourth-order valence-corrected chi connectivity index (χ4v) is 7.62. The van der Waals surface area contributed by atoms with Gasteiger partial charge in [0.15, 0.2) is 5.75 Å². The molecule has 0 unspecified atom stereocenters. The molecule has 0 amide bonds. The van der Waals surface area contributed by atoms with Gasteiger partial charge < -0.3 is 9.30 Å². The molecule has 50 heavy (non-hydrogen) atoms. The third-order valence-electron chi connectivity index (χ3n) is 10.0. The number of fused-ring (bicyclic) bond motifs is 9. The van der Waals surface area contributed by atoms with Crippen molar-refractivity contribution < 1.29 is 4.74 Å². The first-order valence-electron chi connectivity index (χ1n) is 17.1. The zero-order valence-corrected chi connectivity index (χ0v) is 27.3. The van der Waals surface area contributed by atoms with Crippen LogP contribution in [-0.2, 0) is 0 Å². The van der Waals surface area contributed by atoms with Gasteiger partial charge in [0.25, 0.3) is 0 Å². The predicted molar refractivity (Wildman–Crippen MR) is 208 cm³/mol. The van der Waals surface area contributed by atoms with Crippen molar-refractivity contribution in [1.82, 2.24) is 4.57 Å². The van der Waals surface area contributed by atoms with Gasteiger partial charge in [0.05, 0.1) is 11.0 Å². The normalized spacial score (nSPS) is 11.8. The van der Waals surface area contributed by atoms with Gasteiger partial charge in [0.1, 0.15) is 5.75 Å². The van der Waals surface area contributed by atoms with Crippen LogP contribution in [0.5, 0.6) is 11.5 Å². The SMILES string of the molecule is c1ccc(-c2ccc(-c3cccc(-c4ccc(-n5c6ccccc6c6ccc7c(c65)Oc5ccccc5-c5ccccc5-7)cc4)c3)cc2)cc1. The van der Waals surface area contributed by atoms with Crippen molar-refractivity contribution in [3.8, 4) is 72.8 Å². The molecule has 1 aliphatic heterocycles. The second kappa shape index (κ2) is 11.5. The first-order chi connectivity index (χ1) is 24.8. The molecule has 2 heteroatoms. The standard InChI is InChI=1S/C48H31NO/c1-2-11-32(12-3-1)33-21-23-34(24-22-33)36-13-10-14-37(31-36)35-25-27-38(28-26-35)49-45-19-8-6-17-41(45)43-29-30-44-40-16-5-4-15-39(40)42-18-7-9-20-46(42)50-48(44)47(43)49/h1-31H. The van der Waals surface area contributed by atoms with Crippen LogP contribution < -0.4 is 4.74 Å². The first-order valence-corrected chi connectivity index (χ1v) is 17.1. The maximum Gasteiger partial charge on any atom is 0.159 e. The van der Waals surface area contributed by atoms with E-state index in [2.05, 4.69) is 193 Å². The predicted octanol–water partition coefficient (Wildman–Crippen LogP) is 13.2. The monoisotopic (exact) mass is 637 g/mol. The molecule has 0 fully saturated rings. The Bertz CT molecular complexity index is 2700. The minimum atomic E-state index is 0.868. The minimum absolute atomic E-state index is 0.868. The summed E-state index contributed by atoms with van der Waals surface area (Å²) in [6.45, 7) is 0. The molecule has 0 aliphatic carbocycles. The molecule has 0 saturated heterocycles. The third-order valence-corrected chi connectivity index (χ3v) is 10.0. The van der Waals surface area contributed by atoms with E-state index in [0.29, 0.717) is 0 Å². The Kier molecular flexibility index (Phi) is 6.53. The minimum Gasteiger partial charge on any atom is -0.454 e. The van der Waals surface area contributed by atoms with Crippen LogP contribution in [0.25, 0.3) is 83.1 Å². The molecule has 0 bridgehead atoms. The zero-order chi connectivity index (χ0) is 33.0. The Hall–Kier alpha value is -6.64. The van der Waals surface area contributed by atoms with E-state index >= 15 is 0 Å². The Morgan fingerprint density at radius 1 is 0.340 bits per heavy atom. The fraction of sp³-hybridized carbons (Fsp3) is 0. The van der Waals surface area contributed by atoms with E-state index in [9.17, 15) is 0 Å². The first kappa shape index (κ1) is 28.4. The van der Waals surface area contributed by atoms with Crippen LogP contribution in [0.3, 0.4) is 0 Å². The summed E-state index contributed by atoms with van der Waals surface area (Å²) in [7, 11) is 0. The molecule has 2 heterocycles. The van der Waals surface area contributed by atoms with Gasteiger partial charge in [-0.3, -0.25) is 0 Å². The number of hydrogen-bond acceptors (Lipinski definition) is 1. The molecule has 0 saturated carbocycles. The number of para-hydroxylation sites is 2. The molecule has 8 aromatic carbocycles. The van der Waals surface area contributed by atoms with Crippen LogP contribution >= 0.6 is 0 Å². The number of hydrogen-bond donors (Lipinski definition) is 0. The van der Waals surface area contributed by atoms with Crippen molar-refractivity contribution in [1.29, 1.82) is 0 Å². The molecule has 9 aromatic rings. The lowest BCUT2D eigenvalue weighted by atomic mass is 9.94. The van der Waals surface area contributed by atoms with Gasteiger partial charge in [-0.15, -0.1) is 0 Å². The molecule has 2 nitrogen and oxygen atoms in total. The molecule has 234 valence electrons. The lowest BCUT2D eigenvalue weighted by Crippen LogP contribution is -1.97. The highest BCUT2D eigenvalue weighted by Gasteiger charge is 2.25. The Morgan fingerprint density at radius 2 is 0.880 bits per heavy atom. The number of nitrogens with zero attached hydrogens (tertiary/aromatic N) is 1. The summed E-state index contributed by atoms with van der Waals surface area (Å²) in [5, 5.41) is 2.38. The molecular formula is C48H31NO. The number of aromatic nitrogens is 1. The van der Waals surface area contributed by atoms with Crippen LogP contribution in [0.1, 0.15) is 0 Å². The zero-order valence-electron chi connectivity index (χ0n) is 27.3. The largest absolute Gasteiger partial charge is 0.454 e. The topological polar surface area (TPSA) is 14.2 Å². The third kappa shape index (κ3) is 4.57. The van der Waals surface area contributed by atoms with E-state index in [1.807, 2.05) is 0 Å². The van der Waals surface area contributed by atoms with E-state index in [1.54, 1.807) is 0 Å². The summed E-state index contributed by atoms with van der Waals surface area (Å²) in [6.07, 6.45) is 0. The quantitative estimate of drug-likeness (QED) is 0.187. The summed E-state index contributed by atoms with van der Waals surface area (Å²) in [5.41, 5.74) is 15.1. The second-order valence-electron chi connectivity index (χ2n) is 12.9. The molecule has 1 aliphatic rings.